The number of hydrogen-bond acceptors (Lipinski definition) is 5. The Hall–Kier alpha value is -2.14. The molecule has 1 saturated heterocycles. The van der Waals surface area contributed by atoms with Crippen molar-refractivity contribution in [1.29, 1.82) is 0 Å². The Morgan fingerprint density at radius 3 is 2.42 bits per heavy atom. The lowest BCUT2D eigenvalue weighted by Gasteiger charge is -2.34. The molecule has 1 aromatic carbocycles. The maximum absolute atomic E-state index is 13.3. The predicted molar refractivity (Wildman–Crippen MR) is 89.1 cm³/mol. The summed E-state index contributed by atoms with van der Waals surface area (Å²) in [6.07, 6.45) is -4.52. The third kappa shape index (κ3) is 4.33. The quantitative estimate of drug-likeness (QED) is 0.768. The summed E-state index contributed by atoms with van der Waals surface area (Å²) in [5, 5.41) is 8.57. The van der Waals surface area contributed by atoms with Crippen LogP contribution in [0.1, 0.15) is 5.01 Å². The number of nitrogens with one attached hydrogen (secondary N) is 1. The zero-order chi connectivity index (χ0) is 18.9. The minimum atomic E-state index is -4.52. The van der Waals surface area contributed by atoms with Gasteiger partial charge in [-0.15, -0.1) is 10.2 Å². The number of halogens is 5. The summed E-state index contributed by atoms with van der Waals surface area (Å²) in [5.41, 5.74) is 0.223. The van der Waals surface area contributed by atoms with Gasteiger partial charge >= 0.3 is 12.2 Å². The highest BCUT2D eigenvalue weighted by Crippen LogP contribution is 2.34. The highest BCUT2D eigenvalue weighted by molar-refractivity contribution is 7.15. The largest absolute Gasteiger partial charge is 0.445 e. The molecular weight excluding hydrogens is 398 g/mol. The molecule has 0 aliphatic carbocycles. The van der Waals surface area contributed by atoms with Gasteiger partial charge in [0, 0.05) is 36.9 Å². The van der Waals surface area contributed by atoms with Crippen LogP contribution in [0, 0.1) is 5.82 Å². The number of nitrogens with zero attached hydrogens (tertiary/aromatic N) is 4. The zero-order valence-corrected chi connectivity index (χ0v) is 14.6. The first-order chi connectivity index (χ1) is 12.2. The van der Waals surface area contributed by atoms with E-state index in [4.69, 9.17) is 11.6 Å². The molecule has 1 fully saturated rings. The second kappa shape index (κ2) is 7.23. The van der Waals surface area contributed by atoms with Crippen LogP contribution in [0.15, 0.2) is 18.2 Å². The van der Waals surface area contributed by atoms with Crippen molar-refractivity contribution < 1.29 is 22.4 Å². The average molecular weight is 410 g/mol. The highest BCUT2D eigenvalue weighted by atomic mass is 35.5. The van der Waals surface area contributed by atoms with Crippen LogP contribution in [0.4, 0.5) is 33.2 Å². The van der Waals surface area contributed by atoms with Crippen LogP contribution in [0.25, 0.3) is 0 Å². The molecule has 0 saturated carbocycles. The van der Waals surface area contributed by atoms with Crippen LogP contribution in [0.5, 0.6) is 0 Å². The van der Waals surface area contributed by atoms with Gasteiger partial charge in [-0.2, -0.15) is 13.2 Å². The molecule has 0 atom stereocenters. The zero-order valence-electron chi connectivity index (χ0n) is 13.1. The van der Waals surface area contributed by atoms with Gasteiger partial charge in [0.05, 0.1) is 0 Å². The Kier molecular flexibility index (Phi) is 5.19. The number of carbonyl (C=O) groups is 1. The third-order valence-corrected chi connectivity index (χ3v) is 4.86. The highest BCUT2D eigenvalue weighted by Gasteiger charge is 2.36. The van der Waals surface area contributed by atoms with Crippen molar-refractivity contribution in [1.82, 2.24) is 15.1 Å². The molecule has 26 heavy (non-hydrogen) atoms. The summed E-state index contributed by atoms with van der Waals surface area (Å²) < 4.78 is 51.1. The number of rotatable bonds is 2. The monoisotopic (exact) mass is 409 g/mol. The summed E-state index contributed by atoms with van der Waals surface area (Å²) in [5.74, 6) is -0.575. The van der Waals surface area contributed by atoms with E-state index in [1.165, 1.54) is 11.0 Å². The molecule has 6 nitrogen and oxygen atoms in total. The van der Waals surface area contributed by atoms with Crippen molar-refractivity contribution in [3.8, 4) is 0 Å². The van der Waals surface area contributed by atoms with E-state index in [2.05, 4.69) is 15.5 Å². The summed E-state index contributed by atoms with van der Waals surface area (Å²) in [4.78, 5) is 15.3. The smallest absolute Gasteiger partial charge is 0.343 e. The van der Waals surface area contributed by atoms with E-state index < -0.39 is 23.0 Å². The van der Waals surface area contributed by atoms with E-state index in [-0.39, 0.29) is 28.9 Å². The van der Waals surface area contributed by atoms with E-state index in [0.717, 1.165) is 12.1 Å². The number of piperazine rings is 1. The fraction of sp³-hybridized carbons (Fsp3) is 0.357. The normalized spacial score (nSPS) is 15.3. The summed E-state index contributed by atoms with van der Waals surface area (Å²) in [6.45, 7) is 1.17. The molecule has 1 aromatic heterocycles. The second-order valence-corrected chi connectivity index (χ2v) is 6.84. The molecule has 140 valence electrons. The van der Waals surface area contributed by atoms with E-state index in [1.54, 1.807) is 4.90 Å². The molecule has 1 aliphatic heterocycles. The Bertz CT molecular complexity index is 787. The topological polar surface area (TPSA) is 61.4 Å². The number of aromatic nitrogens is 2. The number of alkyl halides is 3. The minimum absolute atomic E-state index is 0.154. The molecule has 1 N–H and O–H groups in total. The maximum atomic E-state index is 13.3. The van der Waals surface area contributed by atoms with Crippen LogP contribution in [0.3, 0.4) is 0 Å². The van der Waals surface area contributed by atoms with Crippen LogP contribution < -0.4 is 10.2 Å². The van der Waals surface area contributed by atoms with Gasteiger partial charge in [0.2, 0.25) is 10.1 Å². The molecule has 0 unspecified atom stereocenters. The molecule has 2 amide bonds. The number of carbonyl (C=O) groups excluding carboxylic acids is 1. The van der Waals surface area contributed by atoms with Gasteiger partial charge in [-0.3, -0.25) is 0 Å². The van der Waals surface area contributed by atoms with Crippen LogP contribution in [0.2, 0.25) is 5.02 Å². The van der Waals surface area contributed by atoms with Gasteiger partial charge in [-0.1, -0.05) is 22.9 Å². The van der Waals surface area contributed by atoms with E-state index in [0.29, 0.717) is 24.4 Å². The van der Waals surface area contributed by atoms with Crippen molar-refractivity contribution >= 4 is 39.8 Å². The van der Waals surface area contributed by atoms with Crippen molar-refractivity contribution in [3.63, 3.8) is 0 Å². The van der Waals surface area contributed by atoms with E-state index in [1.807, 2.05) is 0 Å². The van der Waals surface area contributed by atoms with Gasteiger partial charge < -0.3 is 15.1 Å². The van der Waals surface area contributed by atoms with Crippen molar-refractivity contribution in [2.24, 2.45) is 0 Å². The fourth-order valence-electron chi connectivity index (χ4n) is 2.39. The molecule has 0 radical (unpaired) electrons. The van der Waals surface area contributed by atoms with E-state index in [9.17, 15) is 22.4 Å². The van der Waals surface area contributed by atoms with E-state index >= 15 is 0 Å². The summed E-state index contributed by atoms with van der Waals surface area (Å²) >= 11 is 6.20. The summed E-state index contributed by atoms with van der Waals surface area (Å²) in [6, 6.07) is 3.23. The van der Waals surface area contributed by atoms with Crippen LogP contribution in [-0.2, 0) is 6.18 Å². The lowest BCUT2D eigenvalue weighted by atomic mass is 10.3. The first kappa shape index (κ1) is 18.6. The van der Waals surface area contributed by atoms with Gasteiger partial charge in [0.15, 0.2) is 0 Å². The molecule has 0 spiro atoms. The minimum Gasteiger partial charge on any atom is -0.343 e. The second-order valence-electron chi connectivity index (χ2n) is 5.45. The number of amides is 2. The first-order valence-electron chi connectivity index (χ1n) is 7.40. The number of urea groups is 1. The molecule has 2 heterocycles. The summed E-state index contributed by atoms with van der Waals surface area (Å²) in [7, 11) is 0. The third-order valence-electron chi connectivity index (χ3n) is 3.61. The predicted octanol–water partition coefficient (Wildman–Crippen LogP) is 3.70. The van der Waals surface area contributed by atoms with Gasteiger partial charge in [0.25, 0.3) is 0 Å². The molecule has 1 aliphatic rings. The average Bonchev–Trinajstić information content (AvgIpc) is 3.04. The Morgan fingerprint density at radius 1 is 1.15 bits per heavy atom. The van der Waals surface area contributed by atoms with Crippen molar-refractivity contribution in [2.75, 3.05) is 36.4 Å². The van der Waals surface area contributed by atoms with Crippen molar-refractivity contribution in [3.05, 3.63) is 34.0 Å². The lowest BCUT2D eigenvalue weighted by molar-refractivity contribution is -0.138. The Balaban J connectivity index is 1.58. The fourth-order valence-corrected chi connectivity index (χ4v) is 3.37. The van der Waals surface area contributed by atoms with Gasteiger partial charge in [0.1, 0.15) is 5.82 Å². The molecule has 3 rings (SSSR count). The number of anilines is 2. The number of benzene rings is 1. The molecular formula is C14H12ClF4N5OS. The van der Waals surface area contributed by atoms with Gasteiger partial charge in [-0.25, -0.2) is 9.18 Å². The number of hydrogen-bond donors (Lipinski definition) is 1. The standard InChI is InChI=1S/C14H12ClF4N5OS/c15-8-5-9(16)7-10(6-8)20-12(25)23-1-3-24(4-2-23)13-22-21-11(26-13)14(17,18)19/h5-7H,1-4H2,(H,20,25). The molecule has 2 aromatic rings. The SMILES string of the molecule is O=C(Nc1cc(F)cc(Cl)c1)N1CCN(c2nnc(C(F)(F)F)s2)CC1. The van der Waals surface area contributed by atoms with Gasteiger partial charge in [-0.05, 0) is 18.2 Å². The molecule has 12 heteroatoms. The Morgan fingerprint density at radius 2 is 1.85 bits per heavy atom. The molecule has 0 bridgehead atoms. The maximum Gasteiger partial charge on any atom is 0.445 e. The Labute approximate surface area is 154 Å². The first-order valence-corrected chi connectivity index (χ1v) is 8.59. The van der Waals surface area contributed by atoms with Crippen LogP contribution >= 0.6 is 22.9 Å². The lowest BCUT2D eigenvalue weighted by Crippen LogP contribution is -2.50. The van der Waals surface area contributed by atoms with Crippen molar-refractivity contribution in [2.45, 2.75) is 6.18 Å². The van der Waals surface area contributed by atoms with Crippen LogP contribution in [-0.4, -0.2) is 47.3 Å².